The Labute approximate surface area is 105 Å². The Morgan fingerprint density at radius 2 is 1.71 bits per heavy atom. The van der Waals surface area contributed by atoms with Gasteiger partial charge in [0, 0.05) is 19.3 Å². The van der Waals surface area contributed by atoms with E-state index in [-0.39, 0.29) is 6.04 Å². The second-order valence-electron chi connectivity index (χ2n) is 5.03. The molecule has 2 nitrogen and oxygen atoms in total. The standard InChI is InChI=1S/C15H25NO/c1-13(2)8-10-17-11-9-15(16)12-14-6-4-3-5-7-14/h3-7,13,15H,8-12,16H2,1-2H3. The molecule has 0 saturated heterocycles. The zero-order valence-corrected chi connectivity index (χ0v) is 11.1. The Morgan fingerprint density at radius 1 is 1.06 bits per heavy atom. The maximum Gasteiger partial charge on any atom is 0.0480 e. The van der Waals surface area contributed by atoms with Crippen LogP contribution < -0.4 is 5.73 Å². The minimum Gasteiger partial charge on any atom is -0.381 e. The van der Waals surface area contributed by atoms with Crippen LogP contribution in [0.15, 0.2) is 30.3 Å². The van der Waals surface area contributed by atoms with Gasteiger partial charge in [0.05, 0.1) is 0 Å². The van der Waals surface area contributed by atoms with Crippen LogP contribution in [0.3, 0.4) is 0 Å². The summed E-state index contributed by atoms with van der Waals surface area (Å²) in [5.41, 5.74) is 7.38. The van der Waals surface area contributed by atoms with Crippen LogP contribution >= 0.6 is 0 Å². The summed E-state index contributed by atoms with van der Waals surface area (Å²) in [5, 5.41) is 0. The van der Waals surface area contributed by atoms with Crippen LogP contribution in [-0.4, -0.2) is 19.3 Å². The molecule has 2 heteroatoms. The Morgan fingerprint density at radius 3 is 2.35 bits per heavy atom. The molecule has 0 saturated carbocycles. The Hall–Kier alpha value is -0.860. The maximum absolute atomic E-state index is 6.07. The molecule has 2 N–H and O–H groups in total. The molecule has 0 aliphatic heterocycles. The van der Waals surface area contributed by atoms with E-state index in [4.69, 9.17) is 10.5 Å². The second kappa shape index (κ2) is 8.26. The predicted molar refractivity (Wildman–Crippen MR) is 73.0 cm³/mol. The van der Waals surface area contributed by atoms with Gasteiger partial charge < -0.3 is 10.5 Å². The van der Waals surface area contributed by atoms with Crippen LogP contribution in [0.5, 0.6) is 0 Å². The Bertz CT molecular complexity index is 284. The molecule has 1 aromatic rings. The summed E-state index contributed by atoms with van der Waals surface area (Å²) in [6, 6.07) is 10.6. The van der Waals surface area contributed by atoms with Crippen molar-refractivity contribution in [1.29, 1.82) is 0 Å². The van der Waals surface area contributed by atoms with Crippen molar-refractivity contribution < 1.29 is 4.74 Å². The van der Waals surface area contributed by atoms with Gasteiger partial charge >= 0.3 is 0 Å². The van der Waals surface area contributed by atoms with Gasteiger partial charge in [0.1, 0.15) is 0 Å². The third kappa shape index (κ3) is 7.14. The Kier molecular flexibility index (Phi) is 6.90. The zero-order valence-electron chi connectivity index (χ0n) is 11.1. The molecule has 1 rings (SSSR count). The third-order valence-electron chi connectivity index (χ3n) is 2.81. The van der Waals surface area contributed by atoms with Gasteiger partial charge in [-0.25, -0.2) is 0 Å². The number of benzene rings is 1. The lowest BCUT2D eigenvalue weighted by Crippen LogP contribution is -2.24. The molecule has 1 unspecified atom stereocenters. The van der Waals surface area contributed by atoms with E-state index in [1.54, 1.807) is 0 Å². The lowest BCUT2D eigenvalue weighted by Gasteiger charge is -2.12. The third-order valence-corrected chi connectivity index (χ3v) is 2.81. The monoisotopic (exact) mass is 235 g/mol. The second-order valence-corrected chi connectivity index (χ2v) is 5.03. The lowest BCUT2D eigenvalue weighted by atomic mass is 10.0. The van der Waals surface area contributed by atoms with Gasteiger partial charge in [-0.2, -0.15) is 0 Å². The van der Waals surface area contributed by atoms with Gasteiger partial charge in [0.2, 0.25) is 0 Å². The van der Waals surface area contributed by atoms with Gasteiger partial charge in [-0.05, 0) is 30.7 Å². The average Bonchev–Trinajstić information content (AvgIpc) is 2.29. The number of hydrogen-bond acceptors (Lipinski definition) is 2. The molecule has 17 heavy (non-hydrogen) atoms. The molecule has 96 valence electrons. The SMILES string of the molecule is CC(C)CCOCCC(N)Cc1ccccc1. The molecule has 0 radical (unpaired) electrons. The van der Waals surface area contributed by atoms with Crippen LogP contribution in [0.25, 0.3) is 0 Å². The van der Waals surface area contributed by atoms with Crippen LogP contribution in [0.1, 0.15) is 32.3 Å². The van der Waals surface area contributed by atoms with Gasteiger partial charge in [0.15, 0.2) is 0 Å². The fourth-order valence-electron chi connectivity index (χ4n) is 1.67. The van der Waals surface area contributed by atoms with E-state index in [2.05, 4.69) is 38.1 Å². The highest BCUT2D eigenvalue weighted by molar-refractivity contribution is 5.15. The first-order valence-corrected chi connectivity index (χ1v) is 6.55. The van der Waals surface area contributed by atoms with Crippen molar-refractivity contribution >= 4 is 0 Å². The minimum absolute atomic E-state index is 0.205. The largest absolute Gasteiger partial charge is 0.381 e. The van der Waals surface area contributed by atoms with Gasteiger partial charge in [-0.1, -0.05) is 44.2 Å². The normalized spacial score (nSPS) is 12.9. The van der Waals surface area contributed by atoms with Crippen molar-refractivity contribution in [3.63, 3.8) is 0 Å². The van der Waals surface area contributed by atoms with Crippen LogP contribution in [0.2, 0.25) is 0 Å². The van der Waals surface area contributed by atoms with Crippen molar-refractivity contribution in [3.8, 4) is 0 Å². The molecule has 0 aromatic heterocycles. The van der Waals surface area contributed by atoms with Crippen molar-refractivity contribution in [3.05, 3.63) is 35.9 Å². The van der Waals surface area contributed by atoms with Crippen molar-refractivity contribution in [2.45, 2.75) is 39.2 Å². The van der Waals surface area contributed by atoms with E-state index in [0.717, 1.165) is 32.5 Å². The lowest BCUT2D eigenvalue weighted by molar-refractivity contribution is 0.117. The Balaban J connectivity index is 2.07. The molecule has 0 heterocycles. The van der Waals surface area contributed by atoms with Crippen LogP contribution in [0, 0.1) is 5.92 Å². The van der Waals surface area contributed by atoms with E-state index in [0.29, 0.717) is 5.92 Å². The van der Waals surface area contributed by atoms with E-state index < -0.39 is 0 Å². The number of nitrogens with two attached hydrogens (primary N) is 1. The first-order valence-electron chi connectivity index (χ1n) is 6.55. The van der Waals surface area contributed by atoms with E-state index in [9.17, 15) is 0 Å². The molecule has 1 aromatic carbocycles. The molecule has 0 amide bonds. The summed E-state index contributed by atoms with van der Waals surface area (Å²) < 4.78 is 5.57. The number of hydrogen-bond donors (Lipinski definition) is 1. The van der Waals surface area contributed by atoms with Crippen molar-refractivity contribution in [2.75, 3.05) is 13.2 Å². The molecular weight excluding hydrogens is 210 g/mol. The molecule has 1 atom stereocenters. The van der Waals surface area contributed by atoms with Gasteiger partial charge in [-0.3, -0.25) is 0 Å². The minimum atomic E-state index is 0.205. The fourth-order valence-corrected chi connectivity index (χ4v) is 1.67. The highest BCUT2D eigenvalue weighted by Crippen LogP contribution is 2.05. The highest BCUT2D eigenvalue weighted by Gasteiger charge is 2.03. The summed E-state index contributed by atoms with van der Waals surface area (Å²) >= 11 is 0. The summed E-state index contributed by atoms with van der Waals surface area (Å²) in [5.74, 6) is 0.716. The van der Waals surface area contributed by atoms with Gasteiger partial charge in [0.25, 0.3) is 0 Å². The van der Waals surface area contributed by atoms with E-state index in [1.807, 2.05) is 6.07 Å². The summed E-state index contributed by atoms with van der Waals surface area (Å²) in [7, 11) is 0. The summed E-state index contributed by atoms with van der Waals surface area (Å²) in [6.07, 6.45) is 3.01. The number of ether oxygens (including phenoxy) is 1. The zero-order chi connectivity index (χ0) is 12.5. The van der Waals surface area contributed by atoms with E-state index >= 15 is 0 Å². The van der Waals surface area contributed by atoms with Crippen molar-refractivity contribution in [2.24, 2.45) is 11.7 Å². The first kappa shape index (κ1) is 14.2. The van der Waals surface area contributed by atoms with Crippen molar-refractivity contribution in [1.82, 2.24) is 0 Å². The number of rotatable bonds is 8. The molecule has 0 spiro atoms. The van der Waals surface area contributed by atoms with E-state index in [1.165, 1.54) is 5.56 Å². The maximum atomic E-state index is 6.07. The first-order chi connectivity index (χ1) is 8.18. The van der Waals surface area contributed by atoms with Gasteiger partial charge in [-0.15, -0.1) is 0 Å². The summed E-state index contributed by atoms with van der Waals surface area (Å²) in [4.78, 5) is 0. The molecular formula is C15H25NO. The van der Waals surface area contributed by atoms with Crippen LogP contribution in [0.4, 0.5) is 0 Å². The molecule has 0 bridgehead atoms. The molecule has 0 fully saturated rings. The molecule has 0 aliphatic carbocycles. The smallest absolute Gasteiger partial charge is 0.0480 e. The average molecular weight is 235 g/mol. The quantitative estimate of drug-likeness (QED) is 0.703. The predicted octanol–water partition coefficient (Wildman–Crippen LogP) is 3.01. The topological polar surface area (TPSA) is 35.2 Å². The molecule has 0 aliphatic rings. The highest BCUT2D eigenvalue weighted by atomic mass is 16.5. The fraction of sp³-hybridized carbons (Fsp3) is 0.600. The summed E-state index contributed by atoms with van der Waals surface area (Å²) in [6.45, 7) is 6.06. The van der Waals surface area contributed by atoms with Crippen LogP contribution in [-0.2, 0) is 11.2 Å².